The number of carbonyl (C=O) groups is 1. The Hall–Kier alpha value is -3.11. The number of methoxy groups -OCH3 is 2. The van der Waals surface area contributed by atoms with E-state index in [-0.39, 0.29) is 23.3 Å². The molecule has 1 N–H and O–H groups in total. The summed E-state index contributed by atoms with van der Waals surface area (Å²) in [7, 11) is 3.09. The highest BCUT2D eigenvalue weighted by Crippen LogP contribution is 2.47. The van der Waals surface area contributed by atoms with E-state index in [1.54, 1.807) is 26.5 Å². The van der Waals surface area contributed by atoms with E-state index in [0.717, 1.165) is 42.7 Å². The third-order valence-electron chi connectivity index (χ3n) is 7.97. The van der Waals surface area contributed by atoms with E-state index in [2.05, 4.69) is 16.8 Å². The van der Waals surface area contributed by atoms with Crippen molar-refractivity contribution in [1.29, 1.82) is 0 Å². The minimum Gasteiger partial charge on any atom is -0.495 e. The van der Waals surface area contributed by atoms with E-state index in [1.807, 2.05) is 12.1 Å². The summed E-state index contributed by atoms with van der Waals surface area (Å²) in [5.74, 6) is 2.39. The summed E-state index contributed by atoms with van der Waals surface area (Å²) < 4.78 is 22.5. The predicted molar refractivity (Wildman–Crippen MR) is 155 cm³/mol. The molecule has 0 amide bonds. The molecule has 0 unspecified atom stereocenters. The summed E-state index contributed by atoms with van der Waals surface area (Å²) in [6, 6.07) is 5.53. The molecule has 1 aromatic carbocycles. The first-order valence-corrected chi connectivity index (χ1v) is 13.9. The van der Waals surface area contributed by atoms with Crippen LogP contribution in [-0.4, -0.2) is 74.5 Å². The average Bonchev–Trinajstić information content (AvgIpc) is 3.33. The summed E-state index contributed by atoms with van der Waals surface area (Å²) in [4.78, 5) is 24.0. The summed E-state index contributed by atoms with van der Waals surface area (Å²) in [6.45, 7) is 6.88. The van der Waals surface area contributed by atoms with Gasteiger partial charge in [0.05, 0.1) is 68.9 Å². The Labute approximate surface area is 242 Å². The highest BCUT2D eigenvalue weighted by molar-refractivity contribution is 6.41. The smallest absolute Gasteiger partial charge is 0.155 e. The van der Waals surface area contributed by atoms with Crippen molar-refractivity contribution in [2.45, 2.75) is 24.5 Å². The first kappa shape index (κ1) is 27.1. The molecule has 0 radical (unpaired) electrons. The molecule has 2 aromatic heterocycles. The Morgan fingerprint density at radius 3 is 2.55 bits per heavy atom. The van der Waals surface area contributed by atoms with Gasteiger partial charge in [-0.2, -0.15) is 0 Å². The van der Waals surface area contributed by atoms with Gasteiger partial charge >= 0.3 is 0 Å². The van der Waals surface area contributed by atoms with Crippen LogP contribution >= 0.6 is 23.2 Å². The van der Waals surface area contributed by atoms with Crippen molar-refractivity contribution in [3.8, 4) is 22.8 Å². The lowest BCUT2D eigenvalue weighted by atomic mass is 9.86. The lowest BCUT2D eigenvalue weighted by Gasteiger charge is -2.55. The Balaban J connectivity index is 1.41. The Bertz CT molecular complexity index is 1460. The van der Waals surface area contributed by atoms with Gasteiger partial charge in [0.1, 0.15) is 28.7 Å². The molecule has 11 heteroatoms. The number of allylic oxidation sites excluding steroid dienone is 1. The van der Waals surface area contributed by atoms with Crippen LogP contribution in [0.4, 0.5) is 11.6 Å². The molecule has 0 bridgehead atoms. The molecule has 3 saturated heterocycles. The van der Waals surface area contributed by atoms with Gasteiger partial charge in [0.2, 0.25) is 0 Å². The van der Waals surface area contributed by atoms with Gasteiger partial charge in [-0.05, 0) is 18.2 Å². The normalized spacial score (nSPS) is 21.1. The van der Waals surface area contributed by atoms with Crippen molar-refractivity contribution in [3.63, 3.8) is 0 Å². The molecule has 40 heavy (non-hydrogen) atoms. The molecule has 5 heterocycles. The van der Waals surface area contributed by atoms with Crippen molar-refractivity contribution < 1.29 is 23.7 Å². The maximum absolute atomic E-state index is 12.0. The second-order valence-electron chi connectivity index (χ2n) is 10.5. The third kappa shape index (κ3) is 4.75. The van der Waals surface area contributed by atoms with Crippen LogP contribution in [0.15, 0.2) is 37.1 Å². The molecule has 9 nitrogen and oxygen atoms in total. The topological polar surface area (TPSA) is 95.0 Å². The molecule has 0 saturated carbocycles. The van der Waals surface area contributed by atoms with Crippen molar-refractivity contribution in [1.82, 2.24) is 9.97 Å². The molecule has 210 valence electrons. The first-order valence-electron chi connectivity index (χ1n) is 13.1. The second kappa shape index (κ2) is 10.7. The molecule has 2 atom stereocenters. The zero-order valence-electron chi connectivity index (χ0n) is 22.3. The number of hydrogen-bond acceptors (Lipinski definition) is 9. The van der Waals surface area contributed by atoms with E-state index < -0.39 is 0 Å². The van der Waals surface area contributed by atoms with Gasteiger partial charge in [-0.1, -0.05) is 29.8 Å². The summed E-state index contributed by atoms with van der Waals surface area (Å²) in [5.41, 5.74) is 1.01. The summed E-state index contributed by atoms with van der Waals surface area (Å²) in [5, 5.41) is 5.97. The predicted octanol–water partition coefficient (Wildman–Crippen LogP) is 5.17. The fourth-order valence-electron chi connectivity index (χ4n) is 5.62. The number of halogens is 2. The van der Waals surface area contributed by atoms with Gasteiger partial charge in [0.25, 0.3) is 0 Å². The summed E-state index contributed by atoms with van der Waals surface area (Å²) >= 11 is 13.5. The molecular weight excluding hydrogens is 555 g/mol. The van der Waals surface area contributed by atoms with Gasteiger partial charge in [0, 0.05) is 47.4 Å². The van der Waals surface area contributed by atoms with Crippen LogP contribution in [-0.2, 0) is 14.3 Å². The lowest BCUT2D eigenvalue weighted by molar-refractivity contribution is -0.161. The molecular formula is C29H30Cl2N4O5. The van der Waals surface area contributed by atoms with E-state index in [9.17, 15) is 4.79 Å². The molecule has 6 rings (SSSR count). The third-order valence-corrected chi connectivity index (χ3v) is 8.72. The minimum absolute atomic E-state index is 0.00390. The Morgan fingerprint density at radius 2 is 1.93 bits per heavy atom. The van der Waals surface area contributed by atoms with E-state index >= 15 is 0 Å². The van der Waals surface area contributed by atoms with Gasteiger partial charge in [-0.25, -0.2) is 9.97 Å². The molecule has 1 spiro atoms. The molecule has 3 aromatic rings. The SMILES string of the molecule is C=CC(=O)C[C@H]1COC[C@H]1Nc1cc2c(N3CC4(CCO4)C3)nc(-c3c(Cl)c(OC)cc(OC)c3Cl)cc2cn1. The number of nitrogens with zero attached hydrogens (tertiary/aromatic N) is 3. The number of ketones is 1. The van der Waals surface area contributed by atoms with Crippen molar-refractivity contribution in [2.24, 2.45) is 5.92 Å². The monoisotopic (exact) mass is 584 g/mol. The van der Waals surface area contributed by atoms with Crippen LogP contribution in [0.3, 0.4) is 0 Å². The van der Waals surface area contributed by atoms with Gasteiger partial charge in [-0.3, -0.25) is 4.79 Å². The van der Waals surface area contributed by atoms with Crippen molar-refractivity contribution >= 4 is 51.4 Å². The number of anilines is 2. The van der Waals surface area contributed by atoms with E-state index in [0.29, 0.717) is 58.3 Å². The lowest BCUT2D eigenvalue weighted by Crippen LogP contribution is -2.68. The number of benzene rings is 1. The maximum atomic E-state index is 12.0. The van der Waals surface area contributed by atoms with E-state index in [1.165, 1.54) is 6.08 Å². The largest absolute Gasteiger partial charge is 0.495 e. The zero-order valence-corrected chi connectivity index (χ0v) is 23.8. The van der Waals surface area contributed by atoms with E-state index in [4.69, 9.17) is 52.1 Å². The molecule has 3 aliphatic heterocycles. The molecule has 3 fully saturated rings. The summed E-state index contributed by atoms with van der Waals surface area (Å²) in [6.07, 6.45) is 4.58. The number of hydrogen-bond donors (Lipinski definition) is 1. The van der Waals surface area contributed by atoms with Crippen LogP contribution in [0.2, 0.25) is 10.0 Å². The maximum Gasteiger partial charge on any atom is 0.155 e. The fourth-order valence-corrected chi connectivity index (χ4v) is 6.31. The van der Waals surface area contributed by atoms with Crippen LogP contribution in [0.25, 0.3) is 22.0 Å². The Kier molecular flexibility index (Phi) is 7.25. The number of aromatic nitrogens is 2. The minimum atomic E-state index is -0.0985. The van der Waals surface area contributed by atoms with Crippen LogP contribution in [0.1, 0.15) is 12.8 Å². The number of nitrogens with one attached hydrogen (secondary N) is 1. The van der Waals surface area contributed by atoms with Crippen molar-refractivity contribution in [3.05, 3.63) is 47.1 Å². The van der Waals surface area contributed by atoms with Gasteiger partial charge < -0.3 is 29.2 Å². The molecule has 3 aliphatic rings. The fraction of sp³-hybridized carbons (Fsp3) is 0.414. The zero-order chi connectivity index (χ0) is 28.0. The number of ether oxygens (including phenoxy) is 4. The number of fused-ring (bicyclic) bond motifs is 1. The van der Waals surface area contributed by atoms with Crippen LogP contribution in [0, 0.1) is 5.92 Å². The number of pyridine rings is 2. The average molecular weight is 585 g/mol. The first-order chi connectivity index (χ1) is 19.3. The number of carbonyl (C=O) groups excluding carboxylic acids is 1. The second-order valence-corrected chi connectivity index (χ2v) is 11.2. The standard InChI is InChI=1S/C29H30Cl2N4O5/c1-4-18(36)7-17-12-39-13-21(17)33-24-9-19-16(11-32-24)8-20(34-28(19)35-14-29(15-35)5-6-40-29)25-26(30)22(37-2)10-23(38-3)27(25)31/h4,8-11,17,21H,1,5-7,12-15H2,2-3H3,(H,32,33)/t17-,21+/m0/s1. The highest BCUT2D eigenvalue weighted by Gasteiger charge is 2.50. The highest BCUT2D eigenvalue weighted by atomic mass is 35.5. The van der Waals surface area contributed by atoms with Crippen LogP contribution in [0.5, 0.6) is 11.5 Å². The van der Waals surface area contributed by atoms with Crippen LogP contribution < -0.4 is 19.7 Å². The molecule has 0 aliphatic carbocycles. The quantitative estimate of drug-likeness (QED) is 0.341. The Morgan fingerprint density at radius 1 is 1.20 bits per heavy atom. The van der Waals surface area contributed by atoms with Gasteiger partial charge in [-0.15, -0.1) is 0 Å². The number of rotatable bonds is 9. The van der Waals surface area contributed by atoms with Gasteiger partial charge in [0.15, 0.2) is 5.78 Å². The van der Waals surface area contributed by atoms with Crippen molar-refractivity contribution in [2.75, 3.05) is 57.3 Å².